The summed E-state index contributed by atoms with van der Waals surface area (Å²) in [6, 6.07) is 21.2. The zero-order valence-electron chi connectivity index (χ0n) is 17.3. The molecule has 0 radical (unpaired) electrons. The highest BCUT2D eigenvalue weighted by atomic mass is 16.3. The van der Waals surface area contributed by atoms with Crippen LogP contribution in [-0.2, 0) is 29.0 Å². The molecular formula is C24H24N4O3. The molecule has 7 heteroatoms. The van der Waals surface area contributed by atoms with Crippen molar-refractivity contribution in [1.29, 1.82) is 0 Å². The molecule has 0 saturated heterocycles. The van der Waals surface area contributed by atoms with E-state index in [1.54, 1.807) is 0 Å². The van der Waals surface area contributed by atoms with E-state index in [1.807, 2.05) is 78.2 Å². The van der Waals surface area contributed by atoms with Gasteiger partial charge in [0.1, 0.15) is 23.9 Å². The lowest BCUT2D eigenvalue weighted by molar-refractivity contribution is -0.129. The van der Waals surface area contributed by atoms with Gasteiger partial charge in [0.15, 0.2) is 0 Å². The van der Waals surface area contributed by atoms with Gasteiger partial charge in [0.05, 0.1) is 11.0 Å². The Morgan fingerprint density at radius 2 is 1.68 bits per heavy atom. The number of hydrogen-bond acceptors (Lipinski definition) is 4. The maximum atomic E-state index is 12.4. The topological polar surface area (TPSA) is 89.2 Å². The number of rotatable bonds is 7. The first-order valence-corrected chi connectivity index (χ1v) is 10.3. The van der Waals surface area contributed by atoms with Crippen LogP contribution in [0.15, 0.2) is 71.1 Å². The van der Waals surface area contributed by atoms with Gasteiger partial charge in [0.2, 0.25) is 5.91 Å². The number of fused-ring (bicyclic) bond motifs is 1. The molecule has 0 fully saturated rings. The highest BCUT2D eigenvalue weighted by molar-refractivity contribution is 5.84. The molecule has 4 rings (SSSR count). The number of carbonyl (C=O) groups excluding carboxylic acids is 2. The first kappa shape index (κ1) is 20.4. The summed E-state index contributed by atoms with van der Waals surface area (Å²) in [6.07, 6.45) is 1.36. The smallest absolute Gasteiger partial charge is 0.258 e. The van der Waals surface area contributed by atoms with E-state index in [-0.39, 0.29) is 24.8 Å². The first-order chi connectivity index (χ1) is 15.1. The summed E-state index contributed by atoms with van der Waals surface area (Å²) in [5.74, 6) is 1.73. The van der Waals surface area contributed by atoms with Gasteiger partial charge < -0.3 is 8.98 Å². The molecule has 2 heterocycles. The van der Waals surface area contributed by atoms with Crippen LogP contribution in [0.5, 0.6) is 0 Å². The van der Waals surface area contributed by atoms with Crippen LogP contribution >= 0.6 is 0 Å². The molecule has 2 N–H and O–H groups in total. The number of nitrogens with zero attached hydrogens (tertiary/aromatic N) is 2. The van der Waals surface area contributed by atoms with Crippen LogP contribution in [0.25, 0.3) is 22.4 Å². The van der Waals surface area contributed by atoms with Gasteiger partial charge in [-0.2, -0.15) is 0 Å². The van der Waals surface area contributed by atoms with Crippen LogP contribution in [0.1, 0.15) is 24.9 Å². The van der Waals surface area contributed by atoms with Crippen LogP contribution in [0.2, 0.25) is 0 Å². The molecule has 0 saturated carbocycles. The number of nitrogens with one attached hydrogen (secondary N) is 2. The number of hydrogen-bond donors (Lipinski definition) is 2. The van der Waals surface area contributed by atoms with E-state index < -0.39 is 0 Å². The Hall–Kier alpha value is -3.87. The number of hydrazine groups is 1. The van der Waals surface area contributed by atoms with Gasteiger partial charge in [-0.1, -0.05) is 49.4 Å². The second-order valence-corrected chi connectivity index (χ2v) is 7.18. The third-order valence-corrected chi connectivity index (χ3v) is 5.01. The summed E-state index contributed by atoms with van der Waals surface area (Å²) in [4.78, 5) is 29.1. The Bertz CT molecular complexity index is 1190. The summed E-state index contributed by atoms with van der Waals surface area (Å²) < 4.78 is 7.67. The number of carbonyl (C=O) groups is 2. The number of benzene rings is 2. The minimum atomic E-state index is -0.310. The number of amides is 2. The maximum Gasteiger partial charge on any atom is 0.258 e. The first-order valence-electron chi connectivity index (χ1n) is 10.3. The van der Waals surface area contributed by atoms with Gasteiger partial charge in [-0.05, 0) is 24.3 Å². The van der Waals surface area contributed by atoms with Gasteiger partial charge in [-0.25, -0.2) is 4.98 Å². The predicted molar refractivity (Wildman–Crippen MR) is 118 cm³/mol. The van der Waals surface area contributed by atoms with E-state index in [1.165, 1.54) is 0 Å². The fourth-order valence-corrected chi connectivity index (χ4v) is 3.46. The van der Waals surface area contributed by atoms with Crippen molar-refractivity contribution < 1.29 is 14.0 Å². The van der Waals surface area contributed by atoms with Crippen molar-refractivity contribution in [3.05, 3.63) is 78.3 Å². The number of imidazole rings is 1. The van der Waals surface area contributed by atoms with E-state index >= 15 is 0 Å². The van der Waals surface area contributed by atoms with Crippen molar-refractivity contribution in [3.63, 3.8) is 0 Å². The number of furan rings is 1. The van der Waals surface area contributed by atoms with Crippen LogP contribution in [0.3, 0.4) is 0 Å². The lowest BCUT2D eigenvalue weighted by Gasteiger charge is -2.10. The van der Waals surface area contributed by atoms with Gasteiger partial charge in [-0.3, -0.25) is 20.4 Å². The summed E-state index contributed by atoms with van der Waals surface area (Å²) >= 11 is 0. The molecule has 2 aromatic heterocycles. The van der Waals surface area contributed by atoms with Crippen molar-refractivity contribution >= 4 is 22.8 Å². The normalized spacial score (nSPS) is 10.9. The van der Waals surface area contributed by atoms with E-state index in [2.05, 4.69) is 15.8 Å². The monoisotopic (exact) mass is 416 g/mol. The molecule has 0 aliphatic rings. The second-order valence-electron chi connectivity index (χ2n) is 7.18. The SMILES string of the molecule is CCc1nc2ccccc2n1CC(=O)NNC(=O)CCc1ccc(-c2ccccc2)o1. The zero-order valence-corrected chi connectivity index (χ0v) is 17.3. The van der Waals surface area contributed by atoms with Crippen LogP contribution in [0.4, 0.5) is 0 Å². The molecule has 2 aromatic carbocycles. The average molecular weight is 416 g/mol. The molecule has 0 bridgehead atoms. The number of para-hydroxylation sites is 2. The molecule has 31 heavy (non-hydrogen) atoms. The summed E-state index contributed by atoms with van der Waals surface area (Å²) in [6.45, 7) is 2.08. The summed E-state index contributed by atoms with van der Waals surface area (Å²) in [5.41, 5.74) is 7.70. The molecule has 0 aliphatic heterocycles. The van der Waals surface area contributed by atoms with Crippen molar-refractivity contribution in [2.45, 2.75) is 32.7 Å². The molecule has 0 aliphatic carbocycles. The van der Waals surface area contributed by atoms with Crippen LogP contribution in [0, 0.1) is 0 Å². The molecule has 7 nitrogen and oxygen atoms in total. The van der Waals surface area contributed by atoms with Crippen molar-refractivity contribution in [3.8, 4) is 11.3 Å². The van der Waals surface area contributed by atoms with Gasteiger partial charge in [0.25, 0.3) is 5.91 Å². The molecular weight excluding hydrogens is 392 g/mol. The minimum absolute atomic E-state index is 0.0859. The Kier molecular flexibility index (Phi) is 6.12. The number of aryl methyl sites for hydroxylation is 2. The fourth-order valence-electron chi connectivity index (χ4n) is 3.46. The Morgan fingerprint density at radius 1 is 0.935 bits per heavy atom. The third-order valence-electron chi connectivity index (χ3n) is 5.01. The molecule has 0 atom stereocenters. The standard InChI is InChI=1S/C24H24N4O3/c1-2-22-25-19-10-6-7-11-20(19)28(22)16-24(30)27-26-23(29)15-13-18-12-14-21(31-18)17-8-4-3-5-9-17/h3-12,14H,2,13,15-16H2,1H3,(H,26,29)(H,27,30). The van der Waals surface area contributed by atoms with E-state index in [0.717, 1.165) is 33.9 Å². The van der Waals surface area contributed by atoms with Gasteiger partial charge in [0, 0.05) is 24.8 Å². The zero-order chi connectivity index (χ0) is 21.6. The highest BCUT2D eigenvalue weighted by Gasteiger charge is 2.13. The molecule has 0 spiro atoms. The Balaban J connectivity index is 1.28. The summed E-state index contributed by atoms with van der Waals surface area (Å²) in [7, 11) is 0. The van der Waals surface area contributed by atoms with Crippen LogP contribution < -0.4 is 10.9 Å². The Morgan fingerprint density at radius 3 is 2.48 bits per heavy atom. The largest absolute Gasteiger partial charge is 0.461 e. The van der Waals surface area contributed by atoms with Gasteiger partial charge >= 0.3 is 0 Å². The van der Waals surface area contributed by atoms with Crippen molar-refractivity contribution in [1.82, 2.24) is 20.4 Å². The molecule has 158 valence electrons. The Labute approximate surface area is 180 Å². The lowest BCUT2D eigenvalue weighted by atomic mass is 10.2. The maximum absolute atomic E-state index is 12.4. The fraction of sp³-hybridized carbons (Fsp3) is 0.208. The van der Waals surface area contributed by atoms with Gasteiger partial charge in [-0.15, -0.1) is 0 Å². The predicted octanol–water partition coefficient (Wildman–Crippen LogP) is 3.64. The lowest BCUT2D eigenvalue weighted by Crippen LogP contribution is -2.43. The van der Waals surface area contributed by atoms with E-state index in [4.69, 9.17) is 4.42 Å². The molecule has 0 unspecified atom stereocenters. The quantitative estimate of drug-likeness (QED) is 0.450. The van der Waals surface area contributed by atoms with E-state index in [9.17, 15) is 9.59 Å². The third kappa shape index (κ3) is 4.83. The van der Waals surface area contributed by atoms with Crippen molar-refractivity contribution in [2.24, 2.45) is 0 Å². The summed E-state index contributed by atoms with van der Waals surface area (Å²) in [5, 5.41) is 0. The molecule has 2 amide bonds. The van der Waals surface area contributed by atoms with E-state index in [0.29, 0.717) is 12.8 Å². The minimum Gasteiger partial charge on any atom is -0.461 e. The number of aromatic nitrogens is 2. The second kappa shape index (κ2) is 9.30. The highest BCUT2D eigenvalue weighted by Crippen LogP contribution is 2.22. The van der Waals surface area contributed by atoms with Crippen LogP contribution in [-0.4, -0.2) is 21.4 Å². The average Bonchev–Trinajstić information content (AvgIpc) is 3.42. The van der Waals surface area contributed by atoms with Crippen molar-refractivity contribution in [2.75, 3.05) is 0 Å². The molecule has 4 aromatic rings.